The van der Waals surface area contributed by atoms with E-state index in [-0.39, 0.29) is 5.75 Å². The molecule has 0 spiro atoms. The Balaban J connectivity index is 0.710. The van der Waals surface area contributed by atoms with Gasteiger partial charge in [-0.15, -0.1) is 0 Å². The monoisotopic (exact) mass is 1540 g/mol. The molecule has 1 aromatic carbocycles. The number of hydrogen-bond donors (Lipinski definition) is 25. The van der Waals surface area contributed by atoms with Crippen molar-refractivity contribution in [1.29, 1.82) is 0 Å². The van der Waals surface area contributed by atoms with Crippen molar-refractivity contribution in [1.82, 2.24) is 5.32 Å². The Kier molecular flexibility index (Phi) is 29.0. The summed E-state index contributed by atoms with van der Waals surface area (Å²) >= 11 is 0. The number of benzene rings is 1. The van der Waals surface area contributed by atoms with Gasteiger partial charge >= 0.3 is 0 Å². The van der Waals surface area contributed by atoms with Crippen molar-refractivity contribution in [2.45, 2.75) is 272 Å². The van der Waals surface area contributed by atoms with Crippen LogP contribution in [0.15, 0.2) is 24.3 Å². The highest BCUT2D eigenvalue weighted by Gasteiger charge is 2.60. The molecule has 0 aromatic heterocycles. The molecule has 9 saturated heterocycles. The van der Waals surface area contributed by atoms with Crippen molar-refractivity contribution in [2.75, 3.05) is 60.0 Å². The Labute approximate surface area is 601 Å². The number of hydrogen-bond acceptors (Lipinski definition) is 43. The van der Waals surface area contributed by atoms with Crippen LogP contribution in [0.2, 0.25) is 0 Å². The molecule has 10 rings (SSSR count). The third kappa shape index (κ3) is 17.2. The molecule has 9 fully saturated rings. The summed E-state index contributed by atoms with van der Waals surface area (Å²) in [6.45, 7) is -4.71. The van der Waals surface area contributed by atoms with Crippen LogP contribution in [0.3, 0.4) is 0 Å². The third-order valence-corrected chi connectivity index (χ3v) is 20.5. The summed E-state index contributed by atoms with van der Waals surface area (Å²) in [5, 5.41) is 264. The molecule has 0 radical (unpaired) electrons. The van der Waals surface area contributed by atoms with E-state index in [9.17, 15) is 132 Å². The number of Topliss-reactive ketones (excluding diaryl/α,β-unsaturated/α-hetero) is 1. The second kappa shape index (κ2) is 36.1. The van der Waals surface area contributed by atoms with Crippen molar-refractivity contribution in [3.05, 3.63) is 29.8 Å². The van der Waals surface area contributed by atoms with Crippen molar-refractivity contribution < 1.29 is 213 Å². The zero-order chi connectivity index (χ0) is 77.4. The molecule has 9 aliphatic heterocycles. The van der Waals surface area contributed by atoms with Gasteiger partial charge in [0, 0.05) is 13.2 Å². The van der Waals surface area contributed by atoms with Crippen LogP contribution in [0, 0.1) is 5.41 Å². The number of methoxy groups -OCH3 is 1. The zero-order valence-corrected chi connectivity index (χ0v) is 56.8. The molecule has 608 valence electrons. The minimum atomic E-state index is -2.27. The van der Waals surface area contributed by atoms with Gasteiger partial charge in [-0.25, -0.2) is 0 Å². The lowest BCUT2D eigenvalue weighted by Gasteiger charge is -2.50. The average molecular weight is 1540 g/mol. The topological polar surface area (TPSA) is 689 Å². The van der Waals surface area contributed by atoms with E-state index in [1.54, 1.807) is 26.0 Å². The van der Waals surface area contributed by atoms with E-state index < -0.39 is 322 Å². The molecule has 106 heavy (non-hydrogen) atoms. The molecule has 0 saturated carbocycles. The molecule has 44 nitrogen and oxygen atoms in total. The van der Waals surface area contributed by atoms with Gasteiger partial charge in [-0.1, -0.05) is 26.0 Å². The Morgan fingerprint density at radius 2 is 0.575 bits per heavy atom. The molecule has 9 aliphatic rings. The number of carbonyl (C=O) groups excluding carboxylic acids is 2. The minimum absolute atomic E-state index is 0.144. The first-order valence-corrected chi connectivity index (χ1v) is 34.1. The van der Waals surface area contributed by atoms with Crippen molar-refractivity contribution in [2.24, 2.45) is 5.41 Å². The first-order valence-electron chi connectivity index (χ1n) is 34.1. The number of carbonyl (C=O) groups is 2. The molecular weight excluding hydrogens is 1450 g/mol. The van der Waals surface area contributed by atoms with Gasteiger partial charge in [-0.3, -0.25) is 9.59 Å². The van der Waals surface area contributed by atoms with Crippen LogP contribution in [0.25, 0.3) is 0 Å². The maximum Gasteiger partial charge on any atom is 0.288 e. The Morgan fingerprint density at radius 1 is 0.321 bits per heavy atom. The van der Waals surface area contributed by atoms with Crippen LogP contribution in [-0.2, 0) is 91.8 Å². The summed E-state index contributed by atoms with van der Waals surface area (Å²) < 4.78 is 97.2. The number of amides is 1. The fourth-order valence-corrected chi connectivity index (χ4v) is 14.1. The fraction of sp³-hybridized carbons (Fsp3) is 0.871. The standard InChI is InChI=1S/C62H97NO43/c1-62(2)27(63-53(89)52(62)88)8-17-4-6-18(7-5-17)91-54-37(81)30(74)49(25(15-70)93-54)106-61-51(90-3)43(87)50(26(16-71)99-61)105-60-42(86)35(79)48(24(14-69)98-60)104-59-41(85)34(78)47(23(13-68)97-59)103-58-40(84)33(77)46(22(12-67)96-58)102-57-39(83)32(76)45(21(11-66)95-57)101-56-38(82)31(75)44(20(10-65)94-56)100-55-36(80)29(73)28(72)19(9-64)92-55/h4-7,19-51,54-61,64-87H,8-16H2,1-3H3,(H,63,89)/t19-,20-,21-,22-,23-,24-,25-,26-,27?,28-,29+,30-,31-,32-,33-,34-,35-,36-,37-,38-,39-,40-,41-,42-,43+,44-,45-,46-,47-,48-,49-,50-,51-,54-,55+,56+,57+,58+,59+,60+,61+/m1/s1. The molecule has 0 aliphatic carbocycles. The summed E-state index contributed by atoms with van der Waals surface area (Å²) in [7, 11) is 1.09. The summed E-state index contributed by atoms with van der Waals surface area (Å²) in [6, 6.07) is 5.83. The quantitative estimate of drug-likeness (QED) is 0.0364. The van der Waals surface area contributed by atoms with Crippen LogP contribution in [-0.4, -0.2) is 446 Å². The van der Waals surface area contributed by atoms with Gasteiger partial charge in [-0.05, 0) is 24.1 Å². The minimum Gasteiger partial charge on any atom is -0.462 e. The van der Waals surface area contributed by atoms with Gasteiger partial charge < -0.3 is 208 Å². The van der Waals surface area contributed by atoms with Gasteiger partial charge in [0.15, 0.2) is 44.0 Å². The summed E-state index contributed by atoms with van der Waals surface area (Å²) in [6.07, 6.45) is -76.7. The van der Waals surface area contributed by atoms with Crippen LogP contribution >= 0.6 is 0 Å². The molecule has 44 heteroatoms. The summed E-state index contributed by atoms with van der Waals surface area (Å²) in [5.74, 6) is -1.08. The normalized spacial score (nSPS) is 48.8. The molecule has 9 heterocycles. The van der Waals surface area contributed by atoms with Crippen LogP contribution in [0.1, 0.15) is 19.4 Å². The molecule has 1 amide bonds. The molecule has 0 bridgehead atoms. The van der Waals surface area contributed by atoms with E-state index in [1.807, 2.05) is 0 Å². The number of rotatable bonds is 27. The van der Waals surface area contributed by atoms with E-state index in [0.29, 0.717) is 12.0 Å². The molecule has 41 atom stereocenters. The lowest BCUT2D eigenvalue weighted by molar-refractivity contribution is -0.399. The van der Waals surface area contributed by atoms with Crippen molar-refractivity contribution in [3.8, 4) is 5.75 Å². The summed E-state index contributed by atoms with van der Waals surface area (Å²) in [5.41, 5.74) is -0.244. The van der Waals surface area contributed by atoms with Gasteiger partial charge in [-0.2, -0.15) is 0 Å². The lowest BCUT2D eigenvalue weighted by Crippen LogP contribution is -2.68. The van der Waals surface area contributed by atoms with Crippen molar-refractivity contribution >= 4 is 11.7 Å². The van der Waals surface area contributed by atoms with Gasteiger partial charge in [0.05, 0.1) is 58.3 Å². The number of aliphatic hydroxyl groups excluding tert-OH is 24. The highest BCUT2D eigenvalue weighted by atomic mass is 16.8. The van der Waals surface area contributed by atoms with Crippen LogP contribution in [0.4, 0.5) is 0 Å². The molecule has 1 aromatic rings. The Bertz CT molecular complexity index is 2920. The van der Waals surface area contributed by atoms with E-state index in [4.69, 9.17) is 80.5 Å². The predicted octanol–water partition coefficient (Wildman–Crippen LogP) is -16.1. The predicted molar refractivity (Wildman–Crippen MR) is 328 cm³/mol. The van der Waals surface area contributed by atoms with E-state index in [2.05, 4.69) is 5.32 Å². The number of nitrogens with one attached hydrogen (secondary N) is 1. The van der Waals surface area contributed by atoms with Gasteiger partial charge in [0.1, 0.15) is 201 Å². The number of ketones is 1. The maximum absolute atomic E-state index is 12.3. The molecule has 25 N–H and O–H groups in total. The van der Waals surface area contributed by atoms with E-state index in [1.165, 1.54) is 12.1 Å². The SMILES string of the molecule is CO[C@H]1[C@H](O[C@H]2[C@H](O)[C@@H](O)[C@H](Oc3ccc(CC4NC(=O)C(=O)C4(C)C)cc3)O[C@@H]2CO)O[C@H](CO)[C@@H](O[C@@H]2O[C@H](CO)[C@@H](O[C@@H]3O[C@H](CO)[C@@H](O[C@@H]4O[C@H](CO)[C@@H](O[C@@H]5O[C@H](CO)[C@@H](O[C@@H]6O[C@H](CO)[C@@H](O[C@@H]7O[C@H](CO)[C@@H](O)[C@H](O)[C@H]7O)[C@H](O)[C@H]6O)[C@H](O)[C@H]5O)[C@H](O)[C@H]4O)[C@H](O)[C@H]3O)[C@H](O)[C@H]2O)[C@@H]1O. The first-order chi connectivity index (χ1) is 50.3. The maximum atomic E-state index is 12.3. The van der Waals surface area contributed by atoms with Crippen LogP contribution < -0.4 is 10.1 Å². The number of aliphatic hydroxyl groups is 24. The smallest absolute Gasteiger partial charge is 0.288 e. The largest absolute Gasteiger partial charge is 0.462 e. The fourth-order valence-electron chi connectivity index (χ4n) is 14.1. The Morgan fingerprint density at radius 3 is 0.858 bits per heavy atom. The second-order valence-electron chi connectivity index (χ2n) is 27.6. The third-order valence-electron chi connectivity index (χ3n) is 20.5. The first kappa shape index (κ1) is 85.0. The van der Waals surface area contributed by atoms with Gasteiger partial charge in [0.2, 0.25) is 12.1 Å². The van der Waals surface area contributed by atoms with Gasteiger partial charge in [0.25, 0.3) is 5.91 Å². The summed E-state index contributed by atoms with van der Waals surface area (Å²) in [4.78, 5) is 24.4. The zero-order valence-electron chi connectivity index (χ0n) is 56.8. The Hall–Kier alpha value is -3.44. The van der Waals surface area contributed by atoms with E-state index in [0.717, 1.165) is 7.11 Å². The van der Waals surface area contributed by atoms with Crippen LogP contribution in [0.5, 0.6) is 5.75 Å². The van der Waals surface area contributed by atoms with E-state index >= 15 is 0 Å². The molecule has 1 unspecified atom stereocenters. The highest BCUT2D eigenvalue weighted by molar-refractivity contribution is 6.40. The highest BCUT2D eigenvalue weighted by Crippen LogP contribution is 2.40. The second-order valence-corrected chi connectivity index (χ2v) is 27.6. The van der Waals surface area contributed by atoms with Crippen molar-refractivity contribution in [3.63, 3.8) is 0 Å². The molecular formula is C62H97NO43. The average Bonchev–Trinajstić information content (AvgIpc) is 1.08. The lowest BCUT2D eigenvalue weighted by atomic mass is 9.81. The number of ether oxygens (including phenoxy) is 17.